The summed E-state index contributed by atoms with van der Waals surface area (Å²) in [5.74, 6) is 0.289. The summed E-state index contributed by atoms with van der Waals surface area (Å²) >= 11 is 5.90. The molecule has 0 atom stereocenters. The highest BCUT2D eigenvalue weighted by Gasteiger charge is 2.09. The highest BCUT2D eigenvalue weighted by Crippen LogP contribution is 2.23. The Bertz CT molecular complexity index is 665. The van der Waals surface area contributed by atoms with Crippen LogP contribution in [0.3, 0.4) is 0 Å². The molecule has 0 radical (unpaired) electrons. The predicted molar refractivity (Wildman–Crippen MR) is 83.6 cm³/mol. The Balaban J connectivity index is 1.89. The molecule has 0 N–H and O–H groups in total. The number of ether oxygens (including phenoxy) is 2. The number of halogens is 1. The van der Waals surface area contributed by atoms with Crippen molar-refractivity contribution in [3.8, 4) is 11.5 Å². The Morgan fingerprint density at radius 1 is 1.05 bits per heavy atom. The maximum atomic E-state index is 11.7. The van der Waals surface area contributed by atoms with E-state index in [2.05, 4.69) is 0 Å². The van der Waals surface area contributed by atoms with Crippen LogP contribution in [-0.4, -0.2) is 18.4 Å². The first-order valence-electron chi connectivity index (χ1n) is 6.81. The van der Waals surface area contributed by atoms with Gasteiger partial charge in [0.15, 0.2) is 12.4 Å². The lowest BCUT2D eigenvalue weighted by Crippen LogP contribution is -2.17. The van der Waals surface area contributed by atoms with Gasteiger partial charge in [0.05, 0.1) is 5.02 Å². The fourth-order valence-corrected chi connectivity index (χ4v) is 1.94. The summed E-state index contributed by atoms with van der Waals surface area (Å²) in [5.41, 5.74) is 0.619. The number of carbonyl (C=O) groups excluding carboxylic acids is 2. The first-order chi connectivity index (χ1) is 10.6. The summed E-state index contributed by atoms with van der Waals surface area (Å²) in [6, 6.07) is 13.3. The molecule has 0 aliphatic rings. The second-order valence-corrected chi connectivity index (χ2v) is 4.90. The number of Topliss-reactive ketones (excluding diaryl/α,β-unsaturated/α-hetero) is 1. The highest BCUT2D eigenvalue weighted by atomic mass is 35.5. The van der Waals surface area contributed by atoms with Gasteiger partial charge in [-0.15, -0.1) is 0 Å². The van der Waals surface area contributed by atoms with Crippen LogP contribution >= 0.6 is 11.6 Å². The lowest BCUT2D eigenvalue weighted by atomic mass is 10.1. The molecule has 0 unspecified atom stereocenters. The van der Waals surface area contributed by atoms with Gasteiger partial charge in [0, 0.05) is 12.0 Å². The molecule has 0 saturated carbocycles. The van der Waals surface area contributed by atoms with Crippen LogP contribution in [0.25, 0.3) is 0 Å². The summed E-state index contributed by atoms with van der Waals surface area (Å²) in [5, 5.41) is 0.360. The van der Waals surface area contributed by atoms with Gasteiger partial charge in [0.25, 0.3) is 0 Å². The van der Waals surface area contributed by atoms with Crippen LogP contribution < -0.4 is 9.47 Å². The third kappa shape index (κ3) is 4.33. The van der Waals surface area contributed by atoms with Crippen molar-refractivity contribution in [1.82, 2.24) is 0 Å². The molecule has 2 rings (SSSR count). The molecule has 0 aromatic heterocycles. The minimum Gasteiger partial charge on any atom is -0.482 e. The van der Waals surface area contributed by atoms with Crippen molar-refractivity contribution in [3.05, 3.63) is 59.1 Å². The summed E-state index contributed by atoms with van der Waals surface area (Å²) in [6.45, 7) is 1.56. The summed E-state index contributed by atoms with van der Waals surface area (Å²) in [6.07, 6.45) is 0.449. The minimum absolute atomic E-state index is 0.0599. The molecule has 114 valence electrons. The third-order valence-corrected chi connectivity index (χ3v) is 3.23. The van der Waals surface area contributed by atoms with Crippen LogP contribution in [0.2, 0.25) is 5.02 Å². The minimum atomic E-state index is -0.554. The van der Waals surface area contributed by atoms with Crippen molar-refractivity contribution < 1.29 is 19.1 Å². The molecule has 0 aliphatic carbocycles. The fraction of sp³-hybridized carbons (Fsp3) is 0.176. The van der Waals surface area contributed by atoms with E-state index in [9.17, 15) is 9.59 Å². The number of esters is 1. The lowest BCUT2D eigenvalue weighted by molar-refractivity contribution is -0.136. The smallest absolute Gasteiger partial charge is 0.349 e. The number of para-hydroxylation sites is 1. The molecule has 0 amide bonds. The van der Waals surface area contributed by atoms with Crippen LogP contribution in [0, 0.1) is 0 Å². The molecule has 4 nitrogen and oxygen atoms in total. The van der Waals surface area contributed by atoms with Crippen molar-refractivity contribution in [1.29, 1.82) is 0 Å². The standard InChI is InChI=1S/C17H15ClO4/c1-2-15(19)12-7-9-13(10-8-12)21-11-17(20)22-16-6-4-3-5-14(16)18/h3-10H,2,11H2,1H3. The zero-order valence-corrected chi connectivity index (χ0v) is 12.8. The summed E-state index contributed by atoms with van der Waals surface area (Å²) in [4.78, 5) is 23.2. The number of hydrogen-bond acceptors (Lipinski definition) is 4. The van der Waals surface area contributed by atoms with E-state index in [1.165, 1.54) is 0 Å². The average molecular weight is 319 g/mol. The second-order valence-electron chi connectivity index (χ2n) is 4.49. The van der Waals surface area contributed by atoms with Crippen LogP contribution in [0.15, 0.2) is 48.5 Å². The van der Waals surface area contributed by atoms with E-state index in [1.54, 1.807) is 55.5 Å². The molecule has 0 spiro atoms. The first kappa shape index (κ1) is 16.0. The lowest BCUT2D eigenvalue weighted by Gasteiger charge is -2.08. The van der Waals surface area contributed by atoms with Crippen molar-refractivity contribution in [2.45, 2.75) is 13.3 Å². The van der Waals surface area contributed by atoms with Gasteiger partial charge in [0.1, 0.15) is 11.5 Å². The fourth-order valence-electron chi connectivity index (χ4n) is 1.76. The SMILES string of the molecule is CCC(=O)c1ccc(OCC(=O)Oc2ccccc2Cl)cc1. The van der Waals surface area contributed by atoms with Crippen molar-refractivity contribution in [2.24, 2.45) is 0 Å². The van der Waals surface area contributed by atoms with Crippen molar-refractivity contribution in [2.75, 3.05) is 6.61 Å². The Kier molecular flexibility index (Phi) is 5.55. The van der Waals surface area contributed by atoms with Gasteiger partial charge >= 0.3 is 5.97 Å². The van der Waals surface area contributed by atoms with Crippen molar-refractivity contribution >= 4 is 23.4 Å². The van der Waals surface area contributed by atoms with Crippen LogP contribution in [0.1, 0.15) is 23.7 Å². The molecule has 2 aromatic carbocycles. The summed E-state index contributed by atoms with van der Waals surface area (Å²) in [7, 11) is 0. The number of ketones is 1. The Morgan fingerprint density at radius 3 is 2.36 bits per heavy atom. The number of rotatable bonds is 6. The Morgan fingerprint density at radius 2 is 1.73 bits per heavy atom. The van der Waals surface area contributed by atoms with Gasteiger partial charge in [-0.3, -0.25) is 4.79 Å². The van der Waals surface area contributed by atoms with Gasteiger partial charge in [-0.2, -0.15) is 0 Å². The van der Waals surface area contributed by atoms with Gasteiger partial charge in [-0.05, 0) is 36.4 Å². The quantitative estimate of drug-likeness (QED) is 0.460. The Labute approximate surface area is 133 Å². The van der Waals surface area contributed by atoms with Crippen LogP contribution in [0.5, 0.6) is 11.5 Å². The van der Waals surface area contributed by atoms with E-state index in [0.29, 0.717) is 28.5 Å². The molecule has 0 aliphatic heterocycles. The molecule has 0 heterocycles. The van der Waals surface area contributed by atoms with Crippen LogP contribution in [0.4, 0.5) is 0 Å². The maximum Gasteiger partial charge on any atom is 0.349 e. The third-order valence-electron chi connectivity index (χ3n) is 2.91. The van der Waals surface area contributed by atoms with E-state index in [0.717, 1.165) is 0 Å². The normalized spacial score (nSPS) is 10.1. The zero-order chi connectivity index (χ0) is 15.9. The molecule has 0 fully saturated rings. The molecular formula is C17H15ClO4. The Hall–Kier alpha value is -2.33. The average Bonchev–Trinajstić information content (AvgIpc) is 2.55. The second kappa shape index (κ2) is 7.61. The monoisotopic (exact) mass is 318 g/mol. The largest absolute Gasteiger partial charge is 0.482 e. The summed E-state index contributed by atoms with van der Waals surface area (Å²) < 4.78 is 10.4. The maximum absolute atomic E-state index is 11.7. The predicted octanol–water partition coefficient (Wildman–Crippen LogP) is 3.92. The van der Waals surface area contributed by atoms with Gasteiger partial charge < -0.3 is 9.47 Å². The molecule has 5 heteroatoms. The van der Waals surface area contributed by atoms with E-state index < -0.39 is 5.97 Å². The zero-order valence-electron chi connectivity index (χ0n) is 12.0. The molecule has 0 bridgehead atoms. The number of carbonyl (C=O) groups is 2. The molecule has 2 aromatic rings. The van der Waals surface area contributed by atoms with E-state index in [-0.39, 0.29) is 12.4 Å². The van der Waals surface area contributed by atoms with Gasteiger partial charge in [0.2, 0.25) is 0 Å². The number of benzene rings is 2. The van der Waals surface area contributed by atoms with E-state index >= 15 is 0 Å². The van der Waals surface area contributed by atoms with Gasteiger partial charge in [-0.1, -0.05) is 30.7 Å². The van der Waals surface area contributed by atoms with Crippen molar-refractivity contribution in [3.63, 3.8) is 0 Å². The number of hydrogen-bond donors (Lipinski definition) is 0. The topological polar surface area (TPSA) is 52.6 Å². The molecule has 0 saturated heterocycles. The van der Waals surface area contributed by atoms with E-state index in [1.807, 2.05) is 0 Å². The van der Waals surface area contributed by atoms with Gasteiger partial charge in [-0.25, -0.2) is 4.79 Å². The highest BCUT2D eigenvalue weighted by molar-refractivity contribution is 6.32. The first-order valence-corrected chi connectivity index (χ1v) is 7.19. The van der Waals surface area contributed by atoms with Crippen LogP contribution in [-0.2, 0) is 4.79 Å². The molecular weight excluding hydrogens is 304 g/mol. The van der Waals surface area contributed by atoms with E-state index in [4.69, 9.17) is 21.1 Å². The molecule has 22 heavy (non-hydrogen) atoms.